The number of amides is 2. The van der Waals surface area contributed by atoms with Gasteiger partial charge in [0.1, 0.15) is 12.6 Å². The number of rotatable bonds is 12. The van der Waals surface area contributed by atoms with Crippen molar-refractivity contribution in [2.75, 3.05) is 17.1 Å². The van der Waals surface area contributed by atoms with Crippen molar-refractivity contribution in [3.05, 3.63) is 106 Å². The number of hydrogen-bond donors (Lipinski definition) is 1. The third kappa shape index (κ3) is 8.14. The van der Waals surface area contributed by atoms with Crippen LogP contribution in [0.1, 0.15) is 36.8 Å². The van der Waals surface area contributed by atoms with Gasteiger partial charge < -0.3 is 10.2 Å². The Morgan fingerprint density at radius 2 is 1.56 bits per heavy atom. The quantitative estimate of drug-likeness (QED) is 0.255. The van der Waals surface area contributed by atoms with Crippen LogP contribution in [0.5, 0.6) is 0 Å². The summed E-state index contributed by atoms with van der Waals surface area (Å²) in [5.74, 6) is -0.903. The zero-order chi connectivity index (χ0) is 29.4. The van der Waals surface area contributed by atoms with Gasteiger partial charge in [0.25, 0.3) is 5.69 Å². The average Bonchev–Trinajstić information content (AvgIpc) is 3.47. The van der Waals surface area contributed by atoms with E-state index in [2.05, 4.69) is 5.32 Å². The van der Waals surface area contributed by atoms with E-state index in [1.165, 1.54) is 23.1 Å². The summed E-state index contributed by atoms with van der Waals surface area (Å²) in [7, 11) is -4.02. The number of nitrogens with one attached hydrogen (secondary N) is 1. The average molecular weight is 579 g/mol. The van der Waals surface area contributed by atoms with Gasteiger partial charge in [0.05, 0.1) is 16.9 Å². The Morgan fingerprint density at radius 1 is 0.951 bits per heavy atom. The summed E-state index contributed by atoms with van der Waals surface area (Å²) in [5, 5.41) is 14.5. The van der Waals surface area contributed by atoms with Crippen LogP contribution in [0.15, 0.2) is 84.9 Å². The highest BCUT2D eigenvalue weighted by molar-refractivity contribution is 7.92. The molecule has 2 amide bonds. The van der Waals surface area contributed by atoms with Crippen molar-refractivity contribution in [1.82, 2.24) is 10.2 Å². The lowest BCUT2D eigenvalue weighted by atomic mass is 10.0. The second kappa shape index (κ2) is 13.4. The van der Waals surface area contributed by atoms with E-state index in [0.29, 0.717) is 0 Å². The first kappa shape index (κ1) is 29.7. The lowest BCUT2D eigenvalue weighted by Gasteiger charge is -2.34. The van der Waals surface area contributed by atoms with Gasteiger partial charge in [0, 0.05) is 31.1 Å². The summed E-state index contributed by atoms with van der Waals surface area (Å²) in [4.78, 5) is 40.0. The summed E-state index contributed by atoms with van der Waals surface area (Å²) in [5.41, 5.74) is 1.31. The molecule has 3 aromatic rings. The fraction of sp³-hybridized carbons (Fsp3) is 0.333. The number of benzene rings is 3. The maximum atomic E-state index is 14.1. The molecule has 11 heteroatoms. The zero-order valence-corrected chi connectivity index (χ0v) is 23.7. The zero-order valence-electron chi connectivity index (χ0n) is 22.9. The van der Waals surface area contributed by atoms with Gasteiger partial charge in [-0.2, -0.15) is 0 Å². The molecule has 1 unspecified atom stereocenters. The fourth-order valence-corrected chi connectivity index (χ4v) is 5.92. The molecule has 0 heterocycles. The predicted molar refractivity (Wildman–Crippen MR) is 157 cm³/mol. The normalized spacial score (nSPS) is 14.3. The molecule has 1 aliphatic carbocycles. The summed E-state index contributed by atoms with van der Waals surface area (Å²) >= 11 is 0. The molecule has 1 aliphatic rings. The molecule has 0 bridgehead atoms. The minimum Gasteiger partial charge on any atom is -0.352 e. The van der Waals surface area contributed by atoms with Crippen LogP contribution in [-0.2, 0) is 32.6 Å². The van der Waals surface area contributed by atoms with E-state index < -0.39 is 33.4 Å². The Hall–Kier alpha value is -4.25. The van der Waals surface area contributed by atoms with E-state index in [1.54, 1.807) is 0 Å². The van der Waals surface area contributed by atoms with E-state index in [-0.39, 0.29) is 36.3 Å². The van der Waals surface area contributed by atoms with Crippen molar-refractivity contribution in [3.8, 4) is 0 Å². The van der Waals surface area contributed by atoms with Crippen molar-refractivity contribution in [2.45, 2.75) is 50.7 Å². The van der Waals surface area contributed by atoms with Crippen LogP contribution in [-0.4, -0.2) is 54.9 Å². The first-order valence-corrected chi connectivity index (χ1v) is 15.4. The number of nitro groups is 1. The second-order valence-electron chi connectivity index (χ2n) is 10.2. The van der Waals surface area contributed by atoms with Gasteiger partial charge in [0.15, 0.2) is 0 Å². The molecule has 216 valence electrons. The number of sulfonamides is 1. The molecule has 41 heavy (non-hydrogen) atoms. The summed E-state index contributed by atoms with van der Waals surface area (Å²) in [6.07, 6.45) is 4.94. The Balaban J connectivity index is 1.72. The van der Waals surface area contributed by atoms with E-state index >= 15 is 0 Å². The molecule has 0 saturated heterocycles. The minimum absolute atomic E-state index is 0.00951. The highest BCUT2D eigenvalue weighted by Crippen LogP contribution is 2.25. The Labute approximate surface area is 240 Å². The van der Waals surface area contributed by atoms with Gasteiger partial charge in [0.2, 0.25) is 21.8 Å². The third-order valence-corrected chi connectivity index (χ3v) is 8.32. The molecule has 0 spiro atoms. The molecule has 0 aromatic heterocycles. The van der Waals surface area contributed by atoms with Crippen LogP contribution >= 0.6 is 0 Å². The molecule has 1 N–H and O–H groups in total. The summed E-state index contributed by atoms with van der Waals surface area (Å²) in [6.45, 7) is -0.559. The van der Waals surface area contributed by atoms with Gasteiger partial charge in [-0.25, -0.2) is 8.42 Å². The smallest absolute Gasteiger partial charge is 0.271 e. The maximum Gasteiger partial charge on any atom is 0.271 e. The topological polar surface area (TPSA) is 130 Å². The van der Waals surface area contributed by atoms with E-state index in [4.69, 9.17) is 0 Å². The van der Waals surface area contributed by atoms with Crippen molar-refractivity contribution in [1.29, 1.82) is 0 Å². The SMILES string of the molecule is CS(=O)(=O)N(CC(=O)N(Cc1ccccc1)C(Cc1ccccc1)C(=O)NC1CCCC1)c1cccc([N+](=O)[O-])c1. The van der Waals surface area contributed by atoms with Crippen LogP contribution in [0.2, 0.25) is 0 Å². The standard InChI is InChI=1S/C30H34N4O6S/c1-41(39,40)33(26-17-10-18-27(20-26)34(37)38)22-29(35)32(21-24-13-6-3-7-14-24)28(19-23-11-4-2-5-12-23)30(36)31-25-15-8-9-16-25/h2-7,10-14,17-18,20,25,28H,8-9,15-16,19,21-22H2,1H3,(H,31,36). The number of carbonyl (C=O) groups is 2. The third-order valence-electron chi connectivity index (χ3n) is 7.18. The highest BCUT2D eigenvalue weighted by atomic mass is 32.2. The summed E-state index contributed by atoms with van der Waals surface area (Å²) in [6, 6.07) is 22.8. The maximum absolute atomic E-state index is 14.1. The highest BCUT2D eigenvalue weighted by Gasteiger charge is 2.34. The largest absolute Gasteiger partial charge is 0.352 e. The number of non-ortho nitro benzene ring substituents is 1. The first-order valence-electron chi connectivity index (χ1n) is 13.5. The Bertz CT molecular complexity index is 1460. The van der Waals surface area contributed by atoms with Crippen LogP contribution in [0.25, 0.3) is 0 Å². The van der Waals surface area contributed by atoms with Crippen molar-refractivity contribution in [2.24, 2.45) is 0 Å². The number of anilines is 1. The number of nitro benzene ring substituents is 1. The van der Waals surface area contributed by atoms with Gasteiger partial charge in [-0.1, -0.05) is 79.6 Å². The van der Waals surface area contributed by atoms with Crippen LogP contribution < -0.4 is 9.62 Å². The van der Waals surface area contributed by atoms with Crippen molar-refractivity contribution in [3.63, 3.8) is 0 Å². The monoisotopic (exact) mass is 578 g/mol. The molecular formula is C30H34N4O6S. The molecule has 0 aliphatic heterocycles. The van der Waals surface area contributed by atoms with Crippen LogP contribution in [0, 0.1) is 10.1 Å². The minimum atomic E-state index is -4.02. The van der Waals surface area contributed by atoms with Crippen LogP contribution in [0.4, 0.5) is 11.4 Å². The molecule has 1 fully saturated rings. The molecule has 3 aromatic carbocycles. The first-order chi connectivity index (χ1) is 19.6. The Kier molecular flexibility index (Phi) is 9.72. The van der Waals surface area contributed by atoms with Gasteiger partial charge in [-0.05, 0) is 30.0 Å². The Morgan fingerprint density at radius 3 is 2.15 bits per heavy atom. The number of carbonyl (C=O) groups excluding carboxylic acids is 2. The van der Waals surface area contributed by atoms with Crippen molar-refractivity contribution >= 4 is 33.2 Å². The van der Waals surface area contributed by atoms with E-state index in [1.807, 2.05) is 60.7 Å². The van der Waals surface area contributed by atoms with Gasteiger partial charge >= 0.3 is 0 Å². The van der Waals surface area contributed by atoms with E-state index in [9.17, 15) is 28.1 Å². The lowest BCUT2D eigenvalue weighted by Crippen LogP contribution is -2.54. The number of hydrogen-bond acceptors (Lipinski definition) is 6. The van der Waals surface area contributed by atoms with Gasteiger partial charge in [-0.15, -0.1) is 0 Å². The van der Waals surface area contributed by atoms with Gasteiger partial charge in [-0.3, -0.25) is 24.0 Å². The molecule has 1 saturated carbocycles. The fourth-order valence-electron chi connectivity index (χ4n) is 5.08. The predicted octanol–water partition coefficient (Wildman–Crippen LogP) is 4.06. The molecule has 1 atom stereocenters. The van der Waals surface area contributed by atoms with Crippen molar-refractivity contribution < 1.29 is 22.9 Å². The molecule has 0 radical (unpaired) electrons. The second-order valence-corrected chi connectivity index (χ2v) is 12.2. The summed E-state index contributed by atoms with van der Waals surface area (Å²) < 4.78 is 26.6. The van der Waals surface area contributed by atoms with E-state index in [0.717, 1.165) is 53.4 Å². The van der Waals surface area contributed by atoms with Crippen LogP contribution in [0.3, 0.4) is 0 Å². The molecular weight excluding hydrogens is 544 g/mol. The number of nitrogens with zero attached hydrogens (tertiary/aromatic N) is 3. The molecule has 10 nitrogen and oxygen atoms in total. The lowest BCUT2D eigenvalue weighted by molar-refractivity contribution is -0.384. The molecule has 4 rings (SSSR count).